The molecule has 5 nitrogen and oxygen atoms in total. The second kappa shape index (κ2) is 7.05. The lowest BCUT2D eigenvalue weighted by Gasteiger charge is -2.25. The summed E-state index contributed by atoms with van der Waals surface area (Å²) in [6.07, 6.45) is 2.28. The molecule has 0 saturated carbocycles. The van der Waals surface area contributed by atoms with Gasteiger partial charge in [-0.05, 0) is 67.5 Å². The van der Waals surface area contributed by atoms with Crippen molar-refractivity contribution in [1.82, 2.24) is 19.7 Å². The summed E-state index contributed by atoms with van der Waals surface area (Å²) in [4.78, 5) is 6.85. The van der Waals surface area contributed by atoms with E-state index in [0.29, 0.717) is 17.5 Å². The van der Waals surface area contributed by atoms with Crippen LogP contribution in [-0.4, -0.2) is 33.8 Å². The summed E-state index contributed by atoms with van der Waals surface area (Å²) >= 11 is 5.46. The monoisotopic (exact) mass is 366 g/mol. The molecule has 0 fully saturated rings. The van der Waals surface area contributed by atoms with Crippen LogP contribution < -0.4 is 4.74 Å². The Morgan fingerprint density at radius 3 is 2.77 bits per heavy atom. The second-order valence-electron chi connectivity index (χ2n) is 6.66. The molecule has 4 rings (SSSR count). The molecule has 1 atom stereocenters. The van der Waals surface area contributed by atoms with Gasteiger partial charge in [0.25, 0.3) is 0 Å². The second-order valence-corrected chi connectivity index (χ2v) is 7.03. The molecule has 3 aromatic rings. The Bertz CT molecular complexity index is 960. The third-order valence-corrected chi connectivity index (χ3v) is 5.35. The van der Waals surface area contributed by atoms with Crippen molar-refractivity contribution in [2.45, 2.75) is 25.6 Å². The summed E-state index contributed by atoms with van der Waals surface area (Å²) in [5.41, 5.74) is 3.87. The van der Waals surface area contributed by atoms with Crippen LogP contribution in [0.15, 0.2) is 48.5 Å². The molecule has 0 spiro atoms. The minimum atomic E-state index is 0.417. The maximum Gasteiger partial charge on any atom is 0.217 e. The SMILES string of the molecule is COc1ccc(-c2nc(=S)n(CN(C)C3CCc4ccccc43)[nH]2)cc1. The summed E-state index contributed by atoms with van der Waals surface area (Å²) in [7, 11) is 3.80. The highest BCUT2D eigenvalue weighted by molar-refractivity contribution is 7.71. The van der Waals surface area contributed by atoms with Crippen molar-refractivity contribution in [3.05, 3.63) is 64.4 Å². The fraction of sp³-hybridized carbons (Fsp3) is 0.300. The number of H-pyrrole nitrogens is 1. The highest BCUT2D eigenvalue weighted by Crippen LogP contribution is 2.35. The number of methoxy groups -OCH3 is 1. The van der Waals surface area contributed by atoms with Crippen LogP contribution in [0.1, 0.15) is 23.6 Å². The van der Waals surface area contributed by atoms with E-state index in [1.54, 1.807) is 7.11 Å². The molecule has 1 aliphatic carbocycles. The van der Waals surface area contributed by atoms with Gasteiger partial charge in [0.2, 0.25) is 4.77 Å². The van der Waals surface area contributed by atoms with Crippen LogP contribution in [0.2, 0.25) is 0 Å². The molecule has 134 valence electrons. The Kier molecular flexibility index (Phi) is 4.61. The highest BCUT2D eigenvalue weighted by atomic mass is 32.1. The van der Waals surface area contributed by atoms with E-state index in [1.807, 2.05) is 28.9 Å². The molecule has 0 saturated heterocycles. The molecule has 1 N–H and O–H groups in total. The fourth-order valence-corrected chi connectivity index (χ4v) is 3.84. The number of aryl methyl sites for hydroxylation is 1. The summed E-state index contributed by atoms with van der Waals surface area (Å²) in [6, 6.07) is 16.9. The van der Waals surface area contributed by atoms with Crippen LogP contribution >= 0.6 is 12.2 Å². The largest absolute Gasteiger partial charge is 0.497 e. The number of benzene rings is 2. The Labute approximate surface area is 158 Å². The normalized spacial score (nSPS) is 16.0. The molecule has 2 aromatic carbocycles. The van der Waals surface area contributed by atoms with Crippen LogP contribution in [0, 0.1) is 4.77 Å². The maximum absolute atomic E-state index is 5.46. The van der Waals surface area contributed by atoms with E-state index in [9.17, 15) is 0 Å². The molecule has 1 aliphatic rings. The summed E-state index contributed by atoms with van der Waals surface area (Å²) in [6.45, 7) is 0.682. The number of nitrogens with zero attached hydrogens (tertiary/aromatic N) is 3. The molecule has 0 radical (unpaired) electrons. The Balaban J connectivity index is 1.54. The van der Waals surface area contributed by atoms with E-state index >= 15 is 0 Å². The highest BCUT2D eigenvalue weighted by Gasteiger charge is 2.25. The molecule has 0 bridgehead atoms. The van der Waals surface area contributed by atoms with E-state index in [-0.39, 0.29) is 0 Å². The third kappa shape index (κ3) is 3.18. The molecule has 26 heavy (non-hydrogen) atoms. The van der Waals surface area contributed by atoms with Gasteiger partial charge < -0.3 is 4.74 Å². The predicted molar refractivity (Wildman–Crippen MR) is 105 cm³/mol. The van der Waals surface area contributed by atoms with Crippen LogP contribution in [0.25, 0.3) is 11.4 Å². The van der Waals surface area contributed by atoms with E-state index in [2.05, 4.69) is 46.3 Å². The van der Waals surface area contributed by atoms with Crippen molar-refractivity contribution in [3.8, 4) is 17.1 Å². The number of hydrogen-bond acceptors (Lipinski definition) is 4. The fourth-order valence-electron chi connectivity index (χ4n) is 3.64. The summed E-state index contributed by atoms with van der Waals surface area (Å²) < 4.78 is 7.70. The maximum atomic E-state index is 5.46. The molecule has 6 heteroatoms. The number of nitrogens with one attached hydrogen (secondary N) is 1. The summed E-state index contributed by atoms with van der Waals surface area (Å²) in [5.74, 6) is 1.60. The molecule has 0 aliphatic heterocycles. The standard InChI is InChI=1S/C20H22N4OS/c1-23(18-12-9-14-5-3-4-6-17(14)18)13-24-20(26)21-19(22-24)15-7-10-16(25-2)11-8-15/h3-8,10-11,18H,9,12-13H2,1-2H3,(H,21,22,26). The van der Waals surface area contributed by atoms with Crippen molar-refractivity contribution >= 4 is 12.2 Å². The van der Waals surface area contributed by atoms with Crippen LogP contribution in [-0.2, 0) is 13.1 Å². The average Bonchev–Trinajstić information content (AvgIpc) is 3.26. The smallest absolute Gasteiger partial charge is 0.217 e. The first-order chi connectivity index (χ1) is 12.7. The van der Waals surface area contributed by atoms with E-state index in [4.69, 9.17) is 17.0 Å². The molecule has 0 amide bonds. The minimum Gasteiger partial charge on any atom is -0.497 e. The van der Waals surface area contributed by atoms with Gasteiger partial charge in [-0.15, -0.1) is 0 Å². The Morgan fingerprint density at radius 2 is 2.00 bits per heavy atom. The van der Waals surface area contributed by atoms with Crippen molar-refractivity contribution in [1.29, 1.82) is 0 Å². The Hall–Kier alpha value is -2.44. The first-order valence-electron chi connectivity index (χ1n) is 8.75. The van der Waals surface area contributed by atoms with Crippen LogP contribution in [0.5, 0.6) is 5.75 Å². The number of hydrogen-bond donors (Lipinski definition) is 1. The number of fused-ring (bicyclic) bond motifs is 1. The van der Waals surface area contributed by atoms with E-state index in [1.165, 1.54) is 11.1 Å². The molecule has 1 aromatic heterocycles. The van der Waals surface area contributed by atoms with Crippen molar-refractivity contribution in [2.75, 3.05) is 14.2 Å². The zero-order chi connectivity index (χ0) is 18.1. The van der Waals surface area contributed by atoms with Gasteiger partial charge in [0.15, 0.2) is 5.82 Å². The average molecular weight is 366 g/mol. The number of aromatic amines is 1. The predicted octanol–water partition coefficient (Wildman–Crippen LogP) is 4.19. The van der Waals surface area contributed by atoms with Crippen LogP contribution in [0.4, 0.5) is 0 Å². The topological polar surface area (TPSA) is 46.1 Å². The third-order valence-electron chi connectivity index (χ3n) is 5.04. The van der Waals surface area contributed by atoms with Gasteiger partial charge >= 0.3 is 0 Å². The van der Waals surface area contributed by atoms with Crippen LogP contribution in [0.3, 0.4) is 0 Å². The lowest BCUT2D eigenvalue weighted by Crippen LogP contribution is -2.26. The van der Waals surface area contributed by atoms with Gasteiger partial charge in [-0.1, -0.05) is 24.3 Å². The van der Waals surface area contributed by atoms with Gasteiger partial charge in [-0.2, -0.15) is 4.98 Å². The van der Waals surface area contributed by atoms with Gasteiger partial charge in [0.05, 0.1) is 13.8 Å². The summed E-state index contributed by atoms with van der Waals surface area (Å²) in [5, 5.41) is 3.33. The molecular formula is C20H22N4OS. The van der Waals surface area contributed by atoms with Gasteiger partial charge in [-0.3, -0.25) is 10.00 Å². The Morgan fingerprint density at radius 1 is 1.23 bits per heavy atom. The molecule has 1 unspecified atom stereocenters. The van der Waals surface area contributed by atoms with Crippen molar-refractivity contribution in [3.63, 3.8) is 0 Å². The zero-order valence-electron chi connectivity index (χ0n) is 15.0. The van der Waals surface area contributed by atoms with Crippen molar-refractivity contribution < 1.29 is 4.74 Å². The van der Waals surface area contributed by atoms with E-state index < -0.39 is 0 Å². The van der Waals surface area contributed by atoms with Gasteiger partial charge in [0.1, 0.15) is 5.75 Å². The first kappa shape index (κ1) is 17.0. The quantitative estimate of drug-likeness (QED) is 0.688. The van der Waals surface area contributed by atoms with E-state index in [0.717, 1.165) is 30.0 Å². The molecular weight excluding hydrogens is 344 g/mol. The minimum absolute atomic E-state index is 0.417. The number of ether oxygens (including phenoxy) is 1. The van der Waals surface area contributed by atoms with Crippen molar-refractivity contribution in [2.24, 2.45) is 0 Å². The lowest BCUT2D eigenvalue weighted by atomic mass is 10.1. The zero-order valence-corrected chi connectivity index (χ0v) is 15.8. The lowest BCUT2D eigenvalue weighted by molar-refractivity contribution is 0.182. The van der Waals surface area contributed by atoms with Gasteiger partial charge in [0, 0.05) is 11.6 Å². The number of rotatable bonds is 5. The molecule has 1 heterocycles. The first-order valence-corrected chi connectivity index (χ1v) is 9.16. The number of aromatic nitrogens is 3. The van der Waals surface area contributed by atoms with Gasteiger partial charge in [-0.25, -0.2) is 4.68 Å².